The van der Waals surface area contributed by atoms with E-state index in [0.717, 1.165) is 44.5 Å². The first-order valence-electron chi connectivity index (χ1n) is 6.30. The zero-order valence-electron chi connectivity index (χ0n) is 10.8. The summed E-state index contributed by atoms with van der Waals surface area (Å²) >= 11 is 0. The van der Waals surface area contributed by atoms with Gasteiger partial charge in [0.1, 0.15) is 0 Å². The maximum Gasteiger partial charge on any atom is 0.263 e. The summed E-state index contributed by atoms with van der Waals surface area (Å²) in [5.74, 6) is 0. The van der Waals surface area contributed by atoms with E-state index in [2.05, 4.69) is 5.32 Å². The Morgan fingerprint density at radius 3 is 2.44 bits per heavy atom. The summed E-state index contributed by atoms with van der Waals surface area (Å²) < 4.78 is 29.6. The summed E-state index contributed by atoms with van der Waals surface area (Å²) in [4.78, 5) is 0. The number of ether oxygens (including phenoxy) is 1. The largest absolute Gasteiger partial charge is 0.385 e. The second-order valence-corrected chi connectivity index (χ2v) is 4.27. The van der Waals surface area contributed by atoms with Gasteiger partial charge in [0.2, 0.25) is 0 Å². The zero-order chi connectivity index (χ0) is 13.2. The summed E-state index contributed by atoms with van der Waals surface area (Å²) in [5, 5.41) is 3.30. The van der Waals surface area contributed by atoms with Gasteiger partial charge in [-0.1, -0.05) is 24.3 Å². The summed E-state index contributed by atoms with van der Waals surface area (Å²) in [7, 11) is 1.71. The number of methoxy groups -OCH3 is 1. The second-order valence-electron chi connectivity index (χ2n) is 4.27. The molecule has 0 fully saturated rings. The third kappa shape index (κ3) is 6.07. The lowest BCUT2D eigenvalue weighted by molar-refractivity contribution is 0.151. The molecule has 1 aromatic carbocycles. The van der Waals surface area contributed by atoms with Gasteiger partial charge in [-0.15, -0.1) is 0 Å². The van der Waals surface area contributed by atoms with Gasteiger partial charge in [-0.3, -0.25) is 0 Å². The molecule has 0 aromatic heterocycles. The Morgan fingerprint density at radius 1 is 1.11 bits per heavy atom. The molecule has 0 unspecified atom stereocenters. The molecule has 1 rings (SSSR count). The molecule has 0 aliphatic carbocycles. The van der Waals surface area contributed by atoms with Crippen LogP contribution in [-0.4, -0.2) is 20.3 Å². The van der Waals surface area contributed by atoms with Gasteiger partial charge >= 0.3 is 0 Å². The predicted octanol–water partition coefficient (Wildman–Crippen LogP) is 3.53. The molecule has 0 radical (unpaired) electrons. The molecule has 0 atom stereocenters. The Labute approximate surface area is 107 Å². The molecular weight excluding hydrogens is 236 g/mol. The summed E-state index contributed by atoms with van der Waals surface area (Å²) in [6.45, 7) is 2.49. The van der Waals surface area contributed by atoms with E-state index >= 15 is 0 Å². The Morgan fingerprint density at radius 2 is 1.83 bits per heavy atom. The highest BCUT2D eigenvalue weighted by Crippen LogP contribution is 2.18. The van der Waals surface area contributed by atoms with E-state index in [0.29, 0.717) is 0 Å². The lowest BCUT2D eigenvalue weighted by Gasteiger charge is -2.06. The normalized spacial score (nSPS) is 11.1. The van der Waals surface area contributed by atoms with E-state index in [-0.39, 0.29) is 5.56 Å². The molecule has 0 bridgehead atoms. The molecule has 102 valence electrons. The van der Waals surface area contributed by atoms with Crippen LogP contribution < -0.4 is 5.32 Å². The van der Waals surface area contributed by atoms with Crippen molar-refractivity contribution in [3.8, 4) is 0 Å². The van der Waals surface area contributed by atoms with Gasteiger partial charge in [-0.2, -0.15) is 0 Å². The molecule has 1 N–H and O–H groups in total. The van der Waals surface area contributed by atoms with E-state index < -0.39 is 6.43 Å². The highest BCUT2D eigenvalue weighted by Gasteiger charge is 2.05. The molecule has 0 amide bonds. The standard InChI is InChI=1S/C14H21F2NO/c1-18-10-4-2-3-9-17-11-12-5-7-13(8-6-12)14(15)16/h5-8,14,17H,2-4,9-11H2,1H3. The van der Waals surface area contributed by atoms with Crippen LogP contribution in [0.5, 0.6) is 0 Å². The Balaban J connectivity index is 2.12. The molecule has 18 heavy (non-hydrogen) atoms. The van der Waals surface area contributed by atoms with E-state index in [4.69, 9.17) is 4.74 Å². The molecule has 4 heteroatoms. The fourth-order valence-electron chi connectivity index (χ4n) is 1.69. The first-order chi connectivity index (χ1) is 8.74. The van der Waals surface area contributed by atoms with Crippen LogP contribution in [0, 0.1) is 0 Å². The van der Waals surface area contributed by atoms with Gasteiger partial charge in [0.05, 0.1) is 0 Å². The summed E-state index contributed by atoms with van der Waals surface area (Å²) in [6, 6.07) is 6.47. The van der Waals surface area contributed by atoms with Gasteiger partial charge in [0, 0.05) is 25.8 Å². The lowest BCUT2D eigenvalue weighted by atomic mass is 10.1. The van der Waals surface area contributed by atoms with Crippen LogP contribution in [0.4, 0.5) is 8.78 Å². The highest BCUT2D eigenvalue weighted by molar-refractivity contribution is 5.23. The fourth-order valence-corrected chi connectivity index (χ4v) is 1.69. The van der Waals surface area contributed by atoms with Gasteiger partial charge in [0.15, 0.2) is 0 Å². The van der Waals surface area contributed by atoms with Crippen LogP contribution in [-0.2, 0) is 11.3 Å². The van der Waals surface area contributed by atoms with Crippen molar-refractivity contribution < 1.29 is 13.5 Å². The SMILES string of the molecule is COCCCCCNCc1ccc(C(F)F)cc1. The van der Waals surface area contributed by atoms with Crippen LogP contribution in [0.15, 0.2) is 24.3 Å². The minimum absolute atomic E-state index is 0.0818. The maximum atomic E-state index is 12.3. The van der Waals surface area contributed by atoms with E-state index in [1.807, 2.05) is 0 Å². The van der Waals surface area contributed by atoms with Crippen molar-refractivity contribution >= 4 is 0 Å². The molecule has 0 saturated carbocycles. The van der Waals surface area contributed by atoms with Crippen LogP contribution in [0.3, 0.4) is 0 Å². The third-order valence-electron chi connectivity index (χ3n) is 2.76. The number of hydrogen-bond donors (Lipinski definition) is 1. The van der Waals surface area contributed by atoms with Gasteiger partial charge in [-0.05, 0) is 31.4 Å². The first-order valence-corrected chi connectivity index (χ1v) is 6.30. The van der Waals surface area contributed by atoms with Crippen LogP contribution in [0.2, 0.25) is 0 Å². The molecular formula is C14H21F2NO. The number of alkyl halides is 2. The quantitative estimate of drug-likeness (QED) is 0.683. The Bertz CT molecular complexity index is 314. The van der Waals surface area contributed by atoms with Gasteiger partial charge in [0.25, 0.3) is 6.43 Å². The van der Waals surface area contributed by atoms with Crippen LogP contribution in [0.25, 0.3) is 0 Å². The van der Waals surface area contributed by atoms with Crippen LogP contribution in [0.1, 0.15) is 36.8 Å². The molecule has 0 saturated heterocycles. The number of hydrogen-bond acceptors (Lipinski definition) is 2. The average Bonchev–Trinajstić information content (AvgIpc) is 2.38. The number of rotatable bonds is 9. The fraction of sp³-hybridized carbons (Fsp3) is 0.571. The topological polar surface area (TPSA) is 21.3 Å². The predicted molar refractivity (Wildman–Crippen MR) is 68.8 cm³/mol. The van der Waals surface area contributed by atoms with Crippen molar-refractivity contribution in [1.82, 2.24) is 5.32 Å². The number of halogens is 2. The van der Waals surface area contributed by atoms with Crippen LogP contribution >= 0.6 is 0 Å². The first kappa shape index (κ1) is 15.1. The molecule has 0 heterocycles. The number of benzene rings is 1. The maximum absolute atomic E-state index is 12.3. The second kappa shape index (κ2) is 9.00. The van der Waals surface area contributed by atoms with Crippen molar-refractivity contribution in [2.45, 2.75) is 32.2 Å². The molecule has 2 nitrogen and oxygen atoms in total. The minimum atomic E-state index is -2.38. The zero-order valence-corrected chi connectivity index (χ0v) is 10.8. The van der Waals surface area contributed by atoms with Crippen molar-refractivity contribution in [1.29, 1.82) is 0 Å². The number of unbranched alkanes of at least 4 members (excludes halogenated alkanes) is 2. The van der Waals surface area contributed by atoms with E-state index in [1.54, 1.807) is 19.2 Å². The molecule has 0 aliphatic rings. The smallest absolute Gasteiger partial charge is 0.263 e. The monoisotopic (exact) mass is 257 g/mol. The Kier molecular flexibility index (Phi) is 7.53. The van der Waals surface area contributed by atoms with Gasteiger partial charge in [-0.25, -0.2) is 8.78 Å². The summed E-state index contributed by atoms with van der Waals surface area (Å²) in [5.41, 5.74) is 1.12. The van der Waals surface area contributed by atoms with Crippen molar-refractivity contribution in [2.24, 2.45) is 0 Å². The third-order valence-corrected chi connectivity index (χ3v) is 2.76. The highest BCUT2D eigenvalue weighted by atomic mass is 19.3. The molecule has 0 aliphatic heterocycles. The molecule has 1 aromatic rings. The van der Waals surface area contributed by atoms with Crippen molar-refractivity contribution in [3.05, 3.63) is 35.4 Å². The van der Waals surface area contributed by atoms with Gasteiger partial charge < -0.3 is 10.1 Å². The van der Waals surface area contributed by atoms with E-state index in [9.17, 15) is 8.78 Å². The van der Waals surface area contributed by atoms with E-state index in [1.165, 1.54) is 12.1 Å². The van der Waals surface area contributed by atoms with Crippen molar-refractivity contribution in [2.75, 3.05) is 20.3 Å². The number of nitrogens with one attached hydrogen (secondary N) is 1. The molecule has 0 spiro atoms. The lowest BCUT2D eigenvalue weighted by Crippen LogP contribution is -2.14. The average molecular weight is 257 g/mol. The minimum Gasteiger partial charge on any atom is -0.385 e. The Hall–Kier alpha value is -1.00. The summed E-state index contributed by atoms with van der Waals surface area (Å²) in [6.07, 6.45) is 0.957. The van der Waals surface area contributed by atoms with Crippen molar-refractivity contribution in [3.63, 3.8) is 0 Å².